The second-order valence-corrected chi connectivity index (χ2v) is 11.1. The van der Waals surface area contributed by atoms with Crippen molar-refractivity contribution in [1.29, 1.82) is 0 Å². The number of Topliss-reactive ketones (excluding diaryl/α,β-unsaturated/α-hetero) is 2. The second-order valence-electron chi connectivity index (χ2n) is 11.1. The molecule has 0 radical (unpaired) electrons. The molecule has 4 aliphatic carbocycles. The molecule has 1 saturated heterocycles. The van der Waals surface area contributed by atoms with Gasteiger partial charge in [-0.2, -0.15) is 0 Å². The molecule has 27 heavy (non-hydrogen) atoms. The Hall–Kier alpha value is -1.00. The number of ketones is 2. The zero-order valence-electron chi connectivity index (χ0n) is 17.3. The molecule has 4 nitrogen and oxygen atoms in total. The second kappa shape index (κ2) is 4.94. The van der Waals surface area contributed by atoms with Crippen molar-refractivity contribution in [3.8, 4) is 0 Å². The largest absolute Gasteiger partial charge is 0.346 e. The van der Waals surface area contributed by atoms with Crippen molar-refractivity contribution < 1.29 is 19.1 Å². The Bertz CT molecular complexity index is 764. The predicted octanol–water partition coefficient (Wildman–Crippen LogP) is 4.07. The minimum absolute atomic E-state index is 0.00933. The van der Waals surface area contributed by atoms with Crippen LogP contribution in [-0.2, 0) is 19.1 Å². The summed E-state index contributed by atoms with van der Waals surface area (Å²) in [5.41, 5.74) is -0.417. The minimum Gasteiger partial charge on any atom is -0.346 e. The fourth-order valence-electron chi connectivity index (χ4n) is 8.01. The van der Waals surface area contributed by atoms with Gasteiger partial charge in [-0.25, -0.2) is 0 Å². The molecule has 0 N–H and O–H groups in total. The molecular formula is C23H32O4. The van der Waals surface area contributed by atoms with Crippen molar-refractivity contribution in [2.24, 2.45) is 34.0 Å². The maximum atomic E-state index is 13.7. The van der Waals surface area contributed by atoms with Crippen LogP contribution in [0.5, 0.6) is 0 Å². The summed E-state index contributed by atoms with van der Waals surface area (Å²) in [6.45, 7) is 14.8. The Morgan fingerprint density at radius 3 is 2.41 bits per heavy atom. The Balaban J connectivity index is 1.74. The standard InChI is InChI=1S/C23H32O4/c1-12-13-7-8-14-22(6)15(20(2,3)10-9-16(22)24)11-17-23(14,18(12)25)19(13)27-21(4,5)26-17/h13-15,17,19H,1,7-11H2,2-6H3/t13-,14-,15+,17+,19+,22-,23-/m0/s1. The average molecular weight is 373 g/mol. The smallest absolute Gasteiger partial charge is 0.170 e. The van der Waals surface area contributed by atoms with Crippen molar-refractivity contribution in [3.05, 3.63) is 12.2 Å². The number of carbonyl (C=O) groups is 2. The van der Waals surface area contributed by atoms with E-state index in [1.54, 1.807) is 0 Å². The highest BCUT2D eigenvalue weighted by molar-refractivity contribution is 6.05. The fraction of sp³-hybridized carbons (Fsp3) is 0.826. The molecule has 1 aliphatic heterocycles. The molecule has 5 aliphatic rings. The Morgan fingerprint density at radius 1 is 1.00 bits per heavy atom. The summed E-state index contributed by atoms with van der Waals surface area (Å²) >= 11 is 0. The number of hydrogen-bond acceptors (Lipinski definition) is 4. The van der Waals surface area contributed by atoms with E-state index >= 15 is 0 Å². The van der Waals surface area contributed by atoms with Gasteiger partial charge in [-0.3, -0.25) is 9.59 Å². The van der Waals surface area contributed by atoms with Crippen LogP contribution in [0.3, 0.4) is 0 Å². The molecule has 4 saturated carbocycles. The predicted molar refractivity (Wildman–Crippen MR) is 101 cm³/mol. The lowest BCUT2D eigenvalue weighted by Crippen LogP contribution is -2.73. The van der Waals surface area contributed by atoms with E-state index in [1.165, 1.54) is 0 Å². The van der Waals surface area contributed by atoms with Crippen LogP contribution < -0.4 is 0 Å². The number of carbonyl (C=O) groups excluding carboxylic acids is 2. The molecule has 7 atom stereocenters. The monoisotopic (exact) mass is 372 g/mol. The van der Waals surface area contributed by atoms with E-state index in [1.807, 2.05) is 13.8 Å². The van der Waals surface area contributed by atoms with Gasteiger partial charge in [-0.1, -0.05) is 27.4 Å². The van der Waals surface area contributed by atoms with E-state index in [9.17, 15) is 9.59 Å². The number of rotatable bonds is 0. The topological polar surface area (TPSA) is 52.6 Å². The van der Waals surface area contributed by atoms with Gasteiger partial charge in [-0.05, 0) is 62.4 Å². The SMILES string of the molecule is C=C1C(=O)[C@@]23[C@@H]4OC(C)(C)O[C@@H]2C[C@@H]2C(C)(C)CCC(=O)[C@@]2(C)[C@@H]3CC[C@@H]14. The molecule has 5 fully saturated rings. The Morgan fingerprint density at radius 2 is 1.70 bits per heavy atom. The maximum absolute atomic E-state index is 13.7. The van der Waals surface area contributed by atoms with Gasteiger partial charge >= 0.3 is 0 Å². The van der Waals surface area contributed by atoms with E-state index in [4.69, 9.17) is 9.47 Å². The fourth-order valence-corrected chi connectivity index (χ4v) is 8.01. The van der Waals surface area contributed by atoms with Crippen LogP contribution in [0.1, 0.15) is 66.7 Å². The van der Waals surface area contributed by atoms with Gasteiger partial charge in [0.15, 0.2) is 11.6 Å². The van der Waals surface area contributed by atoms with Gasteiger partial charge in [-0.15, -0.1) is 0 Å². The third kappa shape index (κ3) is 1.87. The molecule has 0 aromatic heterocycles. The third-order valence-corrected chi connectivity index (χ3v) is 9.12. The van der Waals surface area contributed by atoms with Crippen molar-refractivity contribution in [2.45, 2.75) is 84.7 Å². The molecular weight excluding hydrogens is 340 g/mol. The molecule has 1 heterocycles. The highest BCUT2D eigenvalue weighted by atomic mass is 16.7. The van der Waals surface area contributed by atoms with Crippen LogP contribution in [-0.4, -0.2) is 29.6 Å². The summed E-state index contributed by atoms with van der Waals surface area (Å²) in [7, 11) is 0. The molecule has 0 amide bonds. The normalized spacial score (nSPS) is 52.3. The first-order chi connectivity index (χ1) is 12.5. The summed E-state index contributed by atoms with van der Waals surface area (Å²) in [5, 5.41) is 0. The average Bonchev–Trinajstić information content (AvgIpc) is 2.70. The summed E-state index contributed by atoms with van der Waals surface area (Å²) < 4.78 is 12.9. The molecule has 2 bridgehead atoms. The zero-order chi connectivity index (χ0) is 19.6. The van der Waals surface area contributed by atoms with Crippen LogP contribution in [0, 0.1) is 34.0 Å². The quantitative estimate of drug-likeness (QED) is 0.602. The van der Waals surface area contributed by atoms with Gasteiger partial charge in [0.05, 0.1) is 17.6 Å². The van der Waals surface area contributed by atoms with E-state index in [0.717, 1.165) is 25.7 Å². The van der Waals surface area contributed by atoms with Gasteiger partial charge in [0.1, 0.15) is 5.78 Å². The molecule has 0 aromatic rings. The molecule has 4 heteroatoms. The van der Waals surface area contributed by atoms with Crippen LogP contribution in [0.15, 0.2) is 12.2 Å². The van der Waals surface area contributed by atoms with Crippen LogP contribution in [0.4, 0.5) is 0 Å². The highest BCUT2D eigenvalue weighted by Gasteiger charge is 2.78. The van der Waals surface area contributed by atoms with Crippen molar-refractivity contribution in [3.63, 3.8) is 0 Å². The highest BCUT2D eigenvalue weighted by Crippen LogP contribution is 2.72. The lowest BCUT2D eigenvalue weighted by atomic mass is 9.39. The van der Waals surface area contributed by atoms with Gasteiger partial charge in [0.2, 0.25) is 0 Å². The first-order valence-corrected chi connectivity index (χ1v) is 10.6. The Kier molecular flexibility index (Phi) is 3.30. The van der Waals surface area contributed by atoms with Gasteiger partial charge in [0.25, 0.3) is 0 Å². The molecule has 1 spiro atoms. The van der Waals surface area contributed by atoms with Gasteiger partial charge < -0.3 is 9.47 Å². The summed E-state index contributed by atoms with van der Waals surface area (Å²) in [6.07, 6.45) is 3.71. The van der Waals surface area contributed by atoms with E-state index < -0.39 is 16.6 Å². The van der Waals surface area contributed by atoms with Gasteiger partial charge in [0, 0.05) is 17.8 Å². The lowest BCUT2D eigenvalue weighted by Gasteiger charge is -2.67. The zero-order valence-corrected chi connectivity index (χ0v) is 17.3. The summed E-state index contributed by atoms with van der Waals surface area (Å²) in [4.78, 5) is 27.1. The first-order valence-electron chi connectivity index (χ1n) is 10.6. The van der Waals surface area contributed by atoms with E-state index in [-0.39, 0.29) is 41.2 Å². The molecule has 0 aromatic carbocycles. The third-order valence-electron chi connectivity index (χ3n) is 9.12. The molecule has 148 valence electrons. The number of fused-ring (bicyclic) bond motifs is 2. The molecule has 0 unspecified atom stereocenters. The summed E-state index contributed by atoms with van der Waals surface area (Å²) in [5.74, 6) is 0.0599. The lowest BCUT2D eigenvalue weighted by molar-refractivity contribution is -0.376. The van der Waals surface area contributed by atoms with Crippen molar-refractivity contribution in [2.75, 3.05) is 0 Å². The first kappa shape index (κ1) is 18.1. The van der Waals surface area contributed by atoms with Crippen molar-refractivity contribution >= 4 is 11.6 Å². The maximum Gasteiger partial charge on any atom is 0.170 e. The molecule has 5 rings (SSSR count). The minimum atomic E-state index is -0.718. The van der Waals surface area contributed by atoms with Crippen LogP contribution in [0.2, 0.25) is 0 Å². The van der Waals surface area contributed by atoms with Crippen molar-refractivity contribution in [1.82, 2.24) is 0 Å². The summed E-state index contributed by atoms with van der Waals surface area (Å²) in [6, 6.07) is 0. The van der Waals surface area contributed by atoms with E-state index in [0.29, 0.717) is 17.8 Å². The number of ether oxygens (including phenoxy) is 2. The van der Waals surface area contributed by atoms with E-state index in [2.05, 4.69) is 27.4 Å². The van der Waals surface area contributed by atoms with Crippen LogP contribution in [0.25, 0.3) is 0 Å². The number of hydrogen-bond donors (Lipinski definition) is 0. The Labute approximate surface area is 162 Å². The van der Waals surface area contributed by atoms with Crippen LogP contribution >= 0.6 is 0 Å².